The lowest BCUT2D eigenvalue weighted by molar-refractivity contribution is -0.115. The van der Waals surface area contributed by atoms with Crippen molar-refractivity contribution in [1.82, 2.24) is 4.98 Å². The van der Waals surface area contributed by atoms with Gasteiger partial charge in [0, 0.05) is 4.47 Å². The Morgan fingerprint density at radius 1 is 1.55 bits per heavy atom. The predicted molar refractivity (Wildman–Crippen MR) is 88.1 cm³/mol. The van der Waals surface area contributed by atoms with E-state index in [2.05, 4.69) is 49.1 Å². The van der Waals surface area contributed by atoms with Crippen LogP contribution in [0.25, 0.3) is 10.2 Å². The molecule has 0 bridgehead atoms. The molecule has 0 aliphatic carbocycles. The van der Waals surface area contributed by atoms with Gasteiger partial charge in [-0.3, -0.25) is 4.79 Å². The van der Waals surface area contributed by atoms with Crippen LogP contribution in [-0.4, -0.2) is 15.7 Å². The van der Waals surface area contributed by atoms with E-state index in [1.807, 2.05) is 0 Å². The smallest absolute Gasteiger partial charge is 0.239 e. The summed E-state index contributed by atoms with van der Waals surface area (Å²) in [7, 11) is 0. The van der Waals surface area contributed by atoms with Gasteiger partial charge in [0.2, 0.25) is 5.91 Å². The van der Waals surface area contributed by atoms with Gasteiger partial charge in [0.15, 0.2) is 10.9 Å². The summed E-state index contributed by atoms with van der Waals surface area (Å²) in [5.74, 6) is -0.538. The van der Waals surface area contributed by atoms with E-state index in [1.165, 1.54) is 17.4 Å². The first-order chi connectivity index (χ1) is 9.51. The summed E-state index contributed by atoms with van der Waals surface area (Å²) in [6.07, 6.45) is 2.79. The lowest BCUT2D eigenvalue weighted by atomic mass is 10.2. The Hall–Kier alpha value is -0.530. The number of nitrogens with zero attached hydrogens (tertiary/aromatic N) is 1. The third-order valence-corrected chi connectivity index (χ3v) is 4.99. The molecule has 2 aromatic rings. The zero-order valence-electron chi connectivity index (χ0n) is 10.8. The highest BCUT2D eigenvalue weighted by Crippen LogP contribution is 2.31. The number of nitrogens with one attached hydrogen (secondary N) is 1. The number of anilines is 1. The number of carbonyl (C=O) groups excluding carboxylic acids is 1. The number of benzene rings is 1. The van der Waals surface area contributed by atoms with Crippen LogP contribution in [0.2, 0.25) is 0 Å². The van der Waals surface area contributed by atoms with Gasteiger partial charge in [0.25, 0.3) is 0 Å². The van der Waals surface area contributed by atoms with E-state index in [1.54, 1.807) is 6.07 Å². The van der Waals surface area contributed by atoms with Gasteiger partial charge in [-0.25, -0.2) is 9.37 Å². The van der Waals surface area contributed by atoms with Crippen LogP contribution in [0.5, 0.6) is 0 Å². The second-order valence-electron chi connectivity index (χ2n) is 4.35. The van der Waals surface area contributed by atoms with Gasteiger partial charge in [-0.2, -0.15) is 0 Å². The van der Waals surface area contributed by atoms with Crippen molar-refractivity contribution in [3.63, 3.8) is 0 Å². The van der Waals surface area contributed by atoms with Crippen molar-refractivity contribution in [2.24, 2.45) is 0 Å². The molecule has 2 rings (SSSR count). The van der Waals surface area contributed by atoms with E-state index in [0.717, 1.165) is 19.3 Å². The Bertz CT molecular complexity index is 632. The number of unbranched alkanes of at least 4 members (excludes halogenated alkanes) is 1. The minimum Gasteiger partial charge on any atom is -0.301 e. The van der Waals surface area contributed by atoms with Gasteiger partial charge in [-0.1, -0.05) is 63.0 Å². The molecular weight excluding hydrogens is 411 g/mol. The van der Waals surface area contributed by atoms with Crippen LogP contribution in [0.4, 0.5) is 9.52 Å². The van der Waals surface area contributed by atoms with Crippen LogP contribution in [0.1, 0.15) is 26.2 Å². The van der Waals surface area contributed by atoms with E-state index in [4.69, 9.17) is 0 Å². The topological polar surface area (TPSA) is 42.0 Å². The molecule has 0 aliphatic heterocycles. The summed E-state index contributed by atoms with van der Waals surface area (Å²) < 4.78 is 15.1. The molecule has 1 atom stereocenters. The molecule has 1 amide bonds. The van der Waals surface area contributed by atoms with E-state index in [9.17, 15) is 9.18 Å². The van der Waals surface area contributed by atoms with Crippen molar-refractivity contribution < 1.29 is 9.18 Å². The fourth-order valence-electron chi connectivity index (χ4n) is 1.71. The largest absolute Gasteiger partial charge is 0.301 e. The molecular formula is C13H13Br2FN2OS. The maximum atomic E-state index is 13.7. The second-order valence-corrected chi connectivity index (χ2v) is 7.40. The fourth-order valence-corrected chi connectivity index (χ4v) is 3.65. The standard InChI is InChI=1S/C13H13Br2FN2OS/c1-2-3-4-8(15)12(19)18-13-17-11-9(16)5-7(14)6-10(11)20-13/h5-6,8H,2-4H2,1H3,(H,17,18,19)/t8-/m0/s1. The predicted octanol–water partition coefficient (Wildman–Crippen LogP) is 5.09. The number of rotatable bonds is 5. The molecule has 3 nitrogen and oxygen atoms in total. The molecule has 0 saturated heterocycles. The monoisotopic (exact) mass is 422 g/mol. The summed E-state index contributed by atoms with van der Waals surface area (Å²) in [5, 5.41) is 3.15. The molecule has 0 aliphatic rings. The number of hydrogen-bond donors (Lipinski definition) is 1. The lowest BCUT2D eigenvalue weighted by Crippen LogP contribution is -2.22. The van der Waals surface area contributed by atoms with Gasteiger partial charge < -0.3 is 5.32 Å². The first-order valence-corrected chi connectivity index (χ1v) is 8.74. The first kappa shape index (κ1) is 15.9. The zero-order valence-corrected chi connectivity index (χ0v) is 14.7. The zero-order chi connectivity index (χ0) is 14.7. The van der Waals surface area contributed by atoms with Gasteiger partial charge in [0.05, 0.1) is 9.53 Å². The molecule has 0 fully saturated rings. The van der Waals surface area contributed by atoms with Gasteiger partial charge in [-0.05, 0) is 18.6 Å². The molecule has 1 heterocycles. The van der Waals surface area contributed by atoms with Crippen LogP contribution >= 0.6 is 43.2 Å². The summed E-state index contributed by atoms with van der Waals surface area (Å²) in [5.41, 5.74) is 0.285. The maximum absolute atomic E-state index is 13.7. The minimum absolute atomic E-state index is 0.142. The number of halogens is 3. The quantitative estimate of drug-likeness (QED) is 0.680. The SMILES string of the molecule is CCCC[C@H](Br)C(=O)Nc1nc2c(F)cc(Br)cc2s1. The van der Waals surface area contributed by atoms with E-state index in [-0.39, 0.29) is 16.3 Å². The summed E-state index contributed by atoms with van der Waals surface area (Å²) in [6.45, 7) is 2.08. The summed E-state index contributed by atoms with van der Waals surface area (Å²) >= 11 is 7.86. The van der Waals surface area contributed by atoms with E-state index in [0.29, 0.717) is 14.3 Å². The normalized spacial score (nSPS) is 12.6. The lowest BCUT2D eigenvalue weighted by Gasteiger charge is -2.07. The molecule has 0 unspecified atom stereocenters. The van der Waals surface area contributed by atoms with Crippen molar-refractivity contribution >= 4 is 64.5 Å². The van der Waals surface area contributed by atoms with Gasteiger partial charge in [-0.15, -0.1) is 0 Å². The second kappa shape index (κ2) is 6.95. The van der Waals surface area contributed by atoms with E-state index < -0.39 is 5.82 Å². The maximum Gasteiger partial charge on any atom is 0.239 e. The summed E-state index contributed by atoms with van der Waals surface area (Å²) in [6, 6.07) is 3.15. The fraction of sp³-hybridized carbons (Fsp3) is 0.385. The molecule has 1 N–H and O–H groups in total. The van der Waals surface area contributed by atoms with Crippen LogP contribution in [0.3, 0.4) is 0 Å². The van der Waals surface area contributed by atoms with Crippen molar-refractivity contribution in [3.8, 4) is 0 Å². The van der Waals surface area contributed by atoms with Crippen molar-refractivity contribution in [2.45, 2.75) is 31.0 Å². The van der Waals surface area contributed by atoms with Crippen molar-refractivity contribution in [1.29, 1.82) is 0 Å². The molecule has 108 valence electrons. The minimum atomic E-state index is -0.396. The van der Waals surface area contributed by atoms with Crippen LogP contribution in [0, 0.1) is 5.82 Å². The third-order valence-electron chi connectivity index (χ3n) is 2.74. The molecule has 0 spiro atoms. The molecule has 1 aromatic carbocycles. The highest BCUT2D eigenvalue weighted by molar-refractivity contribution is 9.10. The molecule has 0 radical (unpaired) electrons. The van der Waals surface area contributed by atoms with Crippen LogP contribution in [-0.2, 0) is 4.79 Å². The van der Waals surface area contributed by atoms with Gasteiger partial charge >= 0.3 is 0 Å². The van der Waals surface area contributed by atoms with Crippen LogP contribution < -0.4 is 5.32 Å². The molecule has 20 heavy (non-hydrogen) atoms. The number of aromatic nitrogens is 1. The number of hydrogen-bond acceptors (Lipinski definition) is 3. The van der Waals surface area contributed by atoms with Crippen molar-refractivity contribution in [2.75, 3.05) is 5.32 Å². The van der Waals surface area contributed by atoms with Crippen LogP contribution in [0.15, 0.2) is 16.6 Å². The number of thiazole rings is 1. The Morgan fingerprint density at radius 3 is 3.00 bits per heavy atom. The Morgan fingerprint density at radius 2 is 2.30 bits per heavy atom. The van der Waals surface area contributed by atoms with E-state index >= 15 is 0 Å². The average molecular weight is 424 g/mol. The Labute approximate surface area is 137 Å². The molecule has 1 aromatic heterocycles. The number of amides is 1. The summed E-state index contributed by atoms with van der Waals surface area (Å²) in [4.78, 5) is 15.8. The van der Waals surface area contributed by atoms with Crippen molar-refractivity contribution in [3.05, 3.63) is 22.4 Å². The first-order valence-electron chi connectivity index (χ1n) is 6.21. The third kappa shape index (κ3) is 3.77. The average Bonchev–Trinajstić information content (AvgIpc) is 2.78. The number of carbonyl (C=O) groups is 1. The Kier molecular flexibility index (Phi) is 5.51. The Balaban J connectivity index is 2.14. The molecule has 0 saturated carbocycles. The van der Waals surface area contributed by atoms with Gasteiger partial charge in [0.1, 0.15) is 5.52 Å². The number of fused-ring (bicyclic) bond motifs is 1. The number of alkyl halides is 1. The highest BCUT2D eigenvalue weighted by atomic mass is 79.9. The molecule has 7 heteroatoms. The highest BCUT2D eigenvalue weighted by Gasteiger charge is 2.17.